The molecule has 1 atom stereocenters. The molecule has 0 unspecified atom stereocenters. The number of hydrogen-bond donors (Lipinski definition) is 3. The van der Waals surface area contributed by atoms with Crippen LogP contribution >= 0.6 is 15.9 Å². The van der Waals surface area contributed by atoms with Crippen molar-refractivity contribution in [3.05, 3.63) is 34.3 Å². The van der Waals surface area contributed by atoms with E-state index in [9.17, 15) is 14.4 Å². The fraction of sp³-hybridized carbons (Fsp3) is 0.357. The van der Waals surface area contributed by atoms with Gasteiger partial charge in [0.15, 0.2) is 0 Å². The number of hydrogen-bond acceptors (Lipinski definition) is 3. The van der Waals surface area contributed by atoms with Gasteiger partial charge >= 0.3 is 5.97 Å². The van der Waals surface area contributed by atoms with Crippen LogP contribution in [-0.4, -0.2) is 35.5 Å². The third-order valence-electron chi connectivity index (χ3n) is 2.77. The second-order valence-electron chi connectivity index (χ2n) is 4.82. The van der Waals surface area contributed by atoms with Gasteiger partial charge < -0.3 is 15.7 Å². The molecule has 0 saturated heterocycles. The van der Waals surface area contributed by atoms with Crippen LogP contribution in [0.1, 0.15) is 24.2 Å². The first-order chi connectivity index (χ1) is 9.81. The van der Waals surface area contributed by atoms with Gasteiger partial charge in [0, 0.05) is 10.0 Å². The number of halogens is 1. The minimum absolute atomic E-state index is 0.242. The van der Waals surface area contributed by atoms with Gasteiger partial charge in [-0.3, -0.25) is 9.59 Å². The Morgan fingerprint density at radius 2 is 1.76 bits per heavy atom. The van der Waals surface area contributed by atoms with Gasteiger partial charge in [-0.25, -0.2) is 4.79 Å². The van der Waals surface area contributed by atoms with Crippen LogP contribution in [0.5, 0.6) is 0 Å². The van der Waals surface area contributed by atoms with E-state index < -0.39 is 23.8 Å². The zero-order valence-corrected chi connectivity index (χ0v) is 13.3. The molecule has 0 fully saturated rings. The van der Waals surface area contributed by atoms with E-state index >= 15 is 0 Å². The summed E-state index contributed by atoms with van der Waals surface area (Å²) in [4.78, 5) is 34.4. The van der Waals surface area contributed by atoms with E-state index in [1.54, 1.807) is 38.1 Å². The summed E-state index contributed by atoms with van der Waals surface area (Å²) >= 11 is 3.26. The number of benzene rings is 1. The van der Waals surface area contributed by atoms with Crippen LogP contribution in [-0.2, 0) is 9.59 Å². The average Bonchev–Trinajstić information content (AvgIpc) is 2.42. The monoisotopic (exact) mass is 356 g/mol. The second kappa shape index (κ2) is 7.78. The summed E-state index contributed by atoms with van der Waals surface area (Å²) in [6.07, 6.45) is 0. The molecule has 0 aliphatic rings. The normalized spacial score (nSPS) is 11.8. The second-order valence-corrected chi connectivity index (χ2v) is 5.73. The molecule has 1 rings (SSSR count). The number of carboxylic acids is 1. The summed E-state index contributed by atoms with van der Waals surface area (Å²) in [6, 6.07) is 5.70. The maximum Gasteiger partial charge on any atom is 0.326 e. The van der Waals surface area contributed by atoms with Gasteiger partial charge in [-0.05, 0) is 30.2 Å². The van der Waals surface area contributed by atoms with Crippen molar-refractivity contribution in [3.8, 4) is 0 Å². The van der Waals surface area contributed by atoms with E-state index in [1.807, 2.05) is 0 Å². The topological polar surface area (TPSA) is 95.5 Å². The maximum absolute atomic E-state index is 11.8. The molecule has 7 heteroatoms. The molecule has 3 N–H and O–H groups in total. The molecule has 0 spiro atoms. The Morgan fingerprint density at radius 3 is 2.24 bits per heavy atom. The number of amides is 2. The predicted molar refractivity (Wildman–Crippen MR) is 80.9 cm³/mol. The molecule has 0 radical (unpaired) electrons. The fourth-order valence-electron chi connectivity index (χ4n) is 1.60. The minimum Gasteiger partial charge on any atom is -0.480 e. The van der Waals surface area contributed by atoms with E-state index in [0.29, 0.717) is 5.56 Å². The number of carbonyl (C=O) groups is 3. The summed E-state index contributed by atoms with van der Waals surface area (Å²) in [7, 11) is 0. The van der Waals surface area contributed by atoms with Crippen molar-refractivity contribution in [1.29, 1.82) is 0 Å². The lowest BCUT2D eigenvalue weighted by Crippen LogP contribution is -2.48. The van der Waals surface area contributed by atoms with Crippen LogP contribution in [0, 0.1) is 5.92 Å². The Morgan fingerprint density at radius 1 is 1.19 bits per heavy atom. The van der Waals surface area contributed by atoms with E-state index in [1.165, 1.54) is 0 Å². The van der Waals surface area contributed by atoms with Crippen molar-refractivity contribution in [3.63, 3.8) is 0 Å². The molecule has 0 aromatic heterocycles. The molecular weight excluding hydrogens is 340 g/mol. The molecule has 2 amide bonds. The first-order valence-corrected chi connectivity index (χ1v) is 7.16. The van der Waals surface area contributed by atoms with Gasteiger partial charge in [0.1, 0.15) is 6.04 Å². The average molecular weight is 357 g/mol. The van der Waals surface area contributed by atoms with Gasteiger partial charge in [-0.2, -0.15) is 0 Å². The molecule has 0 saturated carbocycles. The van der Waals surface area contributed by atoms with Gasteiger partial charge in [0.05, 0.1) is 6.54 Å². The first-order valence-electron chi connectivity index (χ1n) is 6.37. The van der Waals surface area contributed by atoms with Crippen LogP contribution in [0.15, 0.2) is 28.7 Å². The van der Waals surface area contributed by atoms with E-state index in [0.717, 1.165) is 4.47 Å². The highest BCUT2D eigenvalue weighted by Gasteiger charge is 2.23. The lowest BCUT2D eigenvalue weighted by atomic mass is 10.1. The Labute approximate surface area is 131 Å². The first kappa shape index (κ1) is 17.2. The highest BCUT2D eigenvalue weighted by Crippen LogP contribution is 2.10. The maximum atomic E-state index is 11.8. The number of carboxylic acid groups (broad SMARTS) is 1. The van der Waals surface area contributed by atoms with Crippen LogP contribution in [0.2, 0.25) is 0 Å². The zero-order valence-electron chi connectivity index (χ0n) is 11.7. The van der Waals surface area contributed by atoms with E-state index in [4.69, 9.17) is 5.11 Å². The molecule has 6 nitrogen and oxygen atoms in total. The number of carbonyl (C=O) groups excluding carboxylic acids is 2. The van der Waals surface area contributed by atoms with Crippen LogP contribution < -0.4 is 10.6 Å². The summed E-state index contributed by atoms with van der Waals surface area (Å²) < 4.78 is 0.845. The molecule has 114 valence electrons. The Hall–Kier alpha value is -1.89. The van der Waals surface area contributed by atoms with Crippen molar-refractivity contribution in [2.24, 2.45) is 5.92 Å². The molecule has 0 aliphatic heterocycles. The third kappa shape index (κ3) is 5.55. The number of aliphatic carboxylic acids is 1. The lowest BCUT2D eigenvalue weighted by molar-refractivity contribution is -0.142. The van der Waals surface area contributed by atoms with Crippen LogP contribution in [0.3, 0.4) is 0 Å². The molecule has 1 aromatic rings. The number of nitrogens with one attached hydrogen (secondary N) is 2. The van der Waals surface area contributed by atoms with Crippen LogP contribution in [0.25, 0.3) is 0 Å². The van der Waals surface area contributed by atoms with Gasteiger partial charge in [0.2, 0.25) is 5.91 Å². The highest BCUT2D eigenvalue weighted by atomic mass is 79.9. The van der Waals surface area contributed by atoms with Gasteiger partial charge in [0.25, 0.3) is 5.91 Å². The molecule has 1 aromatic carbocycles. The lowest BCUT2D eigenvalue weighted by Gasteiger charge is -2.17. The summed E-state index contributed by atoms with van der Waals surface area (Å²) in [5, 5.41) is 13.8. The smallest absolute Gasteiger partial charge is 0.326 e. The Kier molecular flexibility index (Phi) is 6.36. The van der Waals surface area contributed by atoms with Crippen molar-refractivity contribution >= 4 is 33.7 Å². The molecule has 21 heavy (non-hydrogen) atoms. The van der Waals surface area contributed by atoms with Crippen molar-refractivity contribution < 1.29 is 19.5 Å². The zero-order chi connectivity index (χ0) is 16.0. The van der Waals surface area contributed by atoms with E-state index in [2.05, 4.69) is 26.6 Å². The molecule has 0 bridgehead atoms. The third-order valence-corrected chi connectivity index (χ3v) is 3.29. The van der Waals surface area contributed by atoms with Crippen molar-refractivity contribution in [2.45, 2.75) is 19.9 Å². The predicted octanol–water partition coefficient (Wildman–Crippen LogP) is 1.40. The Balaban J connectivity index is 2.51. The highest BCUT2D eigenvalue weighted by molar-refractivity contribution is 9.10. The number of rotatable bonds is 6. The fourth-order valence-corrected chi connectivity index (χ4v) is 1.87. The molecule has 0 heterocycles. The molecular formula is C14H17BrN2O4. The Bertz CT molecular complexity index is 528. The SMILES string of the molecule is CC(C)[C@@H](NC(=O)CNC(=O)c1ccc(Br)cc1)C(=O)O. The largest absolute Gasteiger partial charge is 0.480 e. The summed E-state index contributed by atoms with van der Waals surface area (Å²) in [5.41, 5.74) is 0.421. The van der Waals surface area contributed by atoms with Crippen molar-refractivity contribution in [1.82, 2.24) is 10.6 Å². The van der Waals surface area contributed by atoms with Crippen LogP contribution in [0.4, 0.5) is 0 Å². The van der Waals surface area contributed by atoms with Crippen molar-refractivity contribution in [2.75, 3.05) is 6.54 Å². The standard InChI is InChI=1S/C14H17BrN2O4/c1-8(2)12(14(20)21)17-11(18)7-16-13(19)9-3-5-10(15)6-4-9/h3-6,8,12H,7H2,1-2H3,(H,16,19)(H,17,18)(H,20,21)/t12-/m1/s1. The van der Waals surface area contributed by atoms with Gasteiger partial charge in [-0.1, -0.05) is 29.8 Å². The quantitative estimate of drug-likeness (QED) is 0.717. The van der Waals surface area contributed by atoms with E-state index in [-0.39, 0.29) is 12.5 Å². The minimum atomic E-state index is -1.10. The summed E-state index contributed by atoms with van der Waals surface area (Å²) in [6.45, 7) is 3.12. The van der Waals surface area contributed by atoms with Gasteiger partial charge in [-0.15, -0.1) is 0 Å². The summed E-state index contributed by atoms with van der Waals surface area (Å²) in [5.74, 6) is -2.28. The molecule has 0 aliphatic carbocycles.